The lowest BCUT2D eigenvalue weighted by atomic mass is 9.90. The fourth-order valence-corrected chi connectivity index (χ4v) is 2.65. The van der Waals surface area contributed by atoms with Crippen LogP contribution in [0, 0.1) is 5.92 Å². The molecule has 96 valence electrons. The molecule has 4 heteroatoms. The van der Waals surface area contributed by atoms with Crippen LogP contribution in [0.15, 0.2) is 12.4 Å². The summed E-state index contributed by atoms with van der Waals surface area (Å²) in [4.78, 5) is 9.89. The van der Waals surface area contributed by atoms with Crippen LogP contribution in [-0.2, 0) is 0 Å². The maximum atomic E-state index is 4.30. The first-order chi connectivity index (χ1) is 8.16. The van der Waals surface area contributed by atoms with Gasteiger partial charge in [0.05, 0.1) is 6.04 Å². The highest BCUT2D eigenvalue weighted by Crippen LogP contribution is 2.21. The third kappa shape index (κ3) is 3.30. The Morgan fingerprint density at radius 1 is 1.41 bits per heavy atom. The second kappa shape index (κ2) is 5.65. The molecule has 0 radical (unpaired) electrons. The van der Waals surface area contributed by atoms with E-state index in [-0.39, 0.29) is 0 Å². The Hall–Kier alpha value is -0.870. The third-order valence-corrected chi connectivity index (χ3v) is 3.91. The van der Waals surface area contributed by atoms with E-state index in [2.05, 4.69) is 41.1 Å². The predicted octanol–water partition coefficient (Wildman–Crippen LogP) is 1.79. The Morgan fingerprint density at radius 2 is 2.12 bits per heavy atom. The van der Waals surface area contributed by atoms with Crippen molar-refractivity contribution in [2.24, 2.45) is 5.92 Å². The van der Waals surface area contributed by atoms with Gasteiger partial charge in [-0.3, -0.25) is 0 Å². The molecule has 1 aromatic rings. The minimum atomic E-state index is 0.305. The van der Waals surface area contributed by atoms with E-state index in [1.807, 2.05) is 12.4 Å². The molecule has 0 aromatic carbocycles. The highest BCUT2D eigenvalue weighted by Gasteiger charge is 2.23. The summed E-state index contributed by atoms with van der Waals surface area (Å²) < 4.78 is 0. The van der Waals surface area contributed by atoms with Gasteiger partial charge in [-0.05, 0) is 52.7 Å². The highest BCUT2D eigenvalue weighted by molar-refractivity contribution is 4.95. The first kappa shape index (κ1) is 12.6. The van der Waals surface area contributed by atoms with Gasteiger partial charge in [-0.15, -0.1) is 0 Å². The average Bonchev–Trinajstić information content (AvgIpc) is 2.83. The summed E-state index contributed by atoms with van der Waals surface area (Å²) in [5, 5.41) is 3.65. The van der Waals surface area contributed by atoms with Crippen molar-refractivity contribution >= 4 is 0 Å². The molecule has 2 atom stereocenters. The molecule has 2 heterocycles. The van der Waals surface area contributed by atoms with E-state index in [4.69, 9.17) is 0 Å². The number of nitrogens with one attached hydrogen (secondary N) is 2. The maximum Gasteiger partial charge on any atom is 0.122 e. The standard InChI is InChI=1S/C13H24N4/c1-10(12-4-8-17(3)9-5-12)16-11(2)13-14-6-7-15-13/h6-7,10-12,16H,4-5,8-9H2,1-3H3,(H,14,15). The molecule has 0 spiro atoms. The number of rotatable bonds is 4. The fraction of sp³-hybridized carbons (Fsp3) is 0.769. The van der Waals surface area contributed by atoms with Gasteiger partial charge in [0.1, 0.15) is 5.82 Å². The number of nitrogens with zero attached hydrogens (tertiary/aromatic N) is 2. The van der Waals surface area contributed by atoms with Gasteiger partial charge >= 0.3 is 0 Å². The summed E-state index contributed by atoms with van der Waals surface area (Å²) in [7, 11) is 2.21. The topological polar surface area (TPSA) is 44.0 Å². The second-order valence-corrected chi connectivity index (χ2v) is 5.29. The van der Waals surface area contributed by atoms with Gasteiger partial charge in [0.15, 0.2) is 0 Å². The van der Waals surface area contributed by atoms with Crippen LogP contribution in [0.4, 0.5) is 0 Å². The van der Waals surface area contributed by atoms with Gasteiger partial charge in [-0.25, -0.2) is 4.98 Å². The van der Waals surface area contributed by atoms with Crippen molar-refractivity contribution in [3.63, 3.8) is 0 Å². The van der Waals surface area contributed by atoms with Crippen molar-refractivity contribution < 1.29 is 0 Å². The number of piperidine rings is 1. The SMILES string of the molecule is CC(NC(C)C1CCN(C)CC1)c1ncc[nH]1. The van der Waals surface area contributed by atoms with E-state index in [1.165, 1.54) is 25.9 Å². The van der Waals surface area contributed by atoms with Crippen LogP contribution < -0.4 is 5.32 Å². The van der Waals surface area contributed by atoms with Crippen molar-refractivity contribution in [2.45, 2.75) is 38.8 Å². The summed E-state index contributed by atoms with van der Waals surface area (Å²) in [6, 6.07) is 0.864. The van der Waals surface area contributed by atoms with Crippen molar-refractivity contribution in [1.82, 2.24) is 20.2 Å². The van der Waals surface area contributed by atoms with Gasteiger partial charge in [-0.1, -0.05) is 0 Å². The molecule has 2 N–H and O–H groups in total. The Kier molecular flexibility index (Phi) is 4.18. The molecule has 2 rings (SSSR count). The molecule has 1 aliphatic rings. The van der Waals surface area contributed by atoms with Gasteiger partial charge in [-0.2, -0.15) is 0 Å². The van der Waals surface area contributed by atoms with E-state index in [9.17, 15) is 0 Å². The van der Waals surface area contributed by atoms with E-state index < -0.39 is 0 Å². The second-order valence-electron chi connectivity index (χ2n) is 5.29. The van der Waals surface area contributed by atoms with E-state index in [0.29, 0.717) is 12.1 Å². The monoisotopic (exact) mass is 236 g/mol. The quantitative estimate of drug-likeness (QED) is 0.837. The number of likely N-dealkylation sites (tertiary alicyclic amines) is 1. The summed E-state index contributed by atoms with van der Waals surface area (Å²) >= 11 is 0. The van der Waals surface area contributed by atoms with Crippen LogP contribution in [0.5, 0.6) is 0 Å². The summed E-state index contributed by atoms with van der Waals surface area (Å²) in [6.07, 6.45) is 6.30. The first-order valence-corrected chi connectivity index (χ1v) is 6.60. The van der Waals surface area contributed by atoms with Crippen LogP contribution in [0.1, 0.15) is 38.6 Å². The lowest BCUT2D eigenvalue weighted by molar-refractivity contribution is 0.184. The van der Waals surface area contributed by atoms with Crippen molar-refractivity contribution in [2.75, 3.05) is 20.1 Å². The van der Waals surface area contributed by atoms with Gasteiger partial charge in [0, 0.05) is 18.4 Å². The molecule has 1 fully saturated rings. The Labute approximate surface area is 104 Å². The molecule has 0 amide bonds. The summed E-state index contributed by atoms with van der Waals surface area (Å²) in [6.45, 7) is 6.93. The van der Waals surface area contributed by atoms with Crippen LogP contribution in [0.3, 0.4) is 0 Å². The average molecular weight is 236 g/mol. The van der Waals surface area contributed by atoms with Gasteiger partial charge in [0.25, 0.3) is 0 Å². The Morgan fingerprint density at radius 3 is 2.71 bits per heavy atom. The zero-order valence-corrected chi connectivity index (χ0v) is 11.1. The third-order valence-electron chi connectivity index (χ3n) is 3.91. The van der Waals surface area contributed by atoms with Gasteiger partial charge in [0.2, 0.25) is 0 Å². The molecule has 1 aliphatic heterocycles. The van der Waals surface area contributed by atoms with E-state index >= 15 is 0 Å². The molecule has 2 unspecified atom stereocenters. The fourth-order valence-electron chi connectivity index (χ4n) is 2.65. The van der Waals surface area contributed by atoms with Gasteiger partial charge < -0.3 is 15.2 Å². The van der Waals surface area contributed by atoms with E-state index in [1.54, 1.807) is 0 Å². The maximum absolute atomic E-state index is 4.30. The molecule has 4 nitrogen and oxygen atoms in total. The van der Waals surface area contributed by atoms with Crippen LogP contribution in [-0.4, -0.2) is 41.0 Å². The zero-order chi connectivity index (χ0) is 12.3. The normalized spacial score (nSPS) is 22.5. The number of imidazole rings is 1. The number of hydrogen-bond acceptors (Lipinski definition) is 3. The zero-order valence-electron chi connectivity index (χ0n) is 11.1. The molecule has 0 bridgehead atoms. The predicted molar refractivity (Wildman–Crippen MR) is 69.8 cm³/mol. The number of hydrogen-bond donors (Lipinski definition) is 2. The molecular weight excluding hydrogens is 212 g/mol. The lowest BCUT2D eigenvalue weighted by Gasteiger charge is -2.34. The van der Waals surface area contributed by atoms with Crippen LogP contribution in [0.2, 0.25) is 0 Å². The van der Waals surface area contributed by atoms with Crippen molar-refractivity contribution in [3.8, 4) is 0 Å². The van der Waals surface area contributed by atoms with Crippen molar-refractivity contribution in [1.29, 1.82) is 0 Å². The van der Waals surface area contributed by atoms with Crippen LogP contribution in [0.25, 0.3) is 0 Å². The molecule has 0 saturated carbocycles. The number of aromatic amines is 1. The number of aromatic nitrogens is 2. The minimum absolute atomic E-state index is 0.305. The largest absolute Gasteiger partial charge is 0.347 e. The summed E-state index contributed by atoms with van der Waals surface area (Å²) in [5.41, 5.74) is 0. The smallest absolute Gasteiger partial charge is 0.122 e. The Balaban J connectivity index is 1.82. The lowest BCUT2D eigenvalue weighted by Crippen LogP contribution is -2.41. The summed E-state index contributed by atoms with van der Waals surface area (Å²) in [5.74, 6) is 1.83. The molecule has 1 aromatic heterocycles. The van der Waals surface area contributed by atoms with Crippen molar-refractivity contribution in [3.05, 3.63) is 18.2 Å². The Bertz CT molecular complexity index is 314. The minimum Gasteiger partial charge on any atom is -0.347 e. The molecule has 17 heavy (non-hydrogen) atoms. The molecule has 0 aliphatic carbocycles. The highest BCUT2D eigenvalue weighted by atomic mass is 15.1. The first-order valence-electron chi connectivity index (χ1n) is 6.60. The van der Waals surface area contributed by atoms with E-state index in [0.717, 1.165) is 11.7 Å². The molecule has 1 saturated heterocycles. The molecular formula is C13H24N4. The van der Waals surface area contributed by atoms with Crippen LogP contribution >= 0.6 is 0 Å². The number of H-pyrrole nitrogens is 1.